The molecule has 31 heavy (non-hydrogen) atoms. The smallest absolute Gasteiger partial charge is 0.159 e. The maximum Gasteiger partial charge on any atom is 0.159 e. The number of hydrogen-bond acceptors (Lipinski definition) is 4. The third-order valence-corrected chi connectivity index (χ3v) is 4.66. The summed E-state index contributed by atoms with van der Waals surface area (Å²) >= 11 is 0. The predicted molar refractivity (Wildman–Crippen MR) is 127 cm³/mol. The van der Waals surface area contributed by atoms with Gasteiger partial charge in [0.2, 0.25) is 0 Å². The van der Waals surface area contributed by atoms with Crippen LogP contribution in [-0.4, -0.2) is 41.9 Å². The van der Waals surface area contributed by atoms with Gasteiger partial charge in [-0.1, -0.05) is 13.0 Å². The van der Waals surface area contributed by atoms with Crippen LogP contribution in [0.5, 0.6) is 0 Å². The molecule has 0 saturated heterocycles. The zero-order valence-corrected chi connectivity index (χ0v) is 19.6. The lowest BCUT2D eigenvalue weighted by molar-refractivity contribution is 0.643. The highest BCUT2D eigenvalue weighted by Gasteiger charge is 2.13. The fraction of sp³-hybridized carbons (Fsp3) is 0.522. The van der Waals surface area contributed by atoms with Crippen LogP contribution in [0.2, 0.25) is 0 Å². The molecule has 0 amide bonds. The van der Waals surface area contributed by atoms with E-state index >= 15 is 0 Å². The number of amidine groups is 1. The summed E-state index contributed by atoms with van der Waals surface area (Å²) in [6.07, 6.45) is 8.05. The summed E-state index contributed by atoms with van der Waals surface area (Å²) in [5, 5.41) is 5.96. The van der Waals surface area contributed by atoms with E-state index in [1.54, 1.807) is 7.05 Å². The molecule has 1 aromatic heterocycles. The number of imidazole rings is 1. The van der Waals surface area contributed by atoms with E-state index < -0.39 is 5.83 Å². The molecule has 0 aliphatic heterocycles. The lowest BCUT2D eigenvalue weighted by Crippen LogP contribution is -2.21. The molecule has 0 fully saturated rings. The topological polar surface area (TPSA) is 66.6 Å². The Kier molecular flexibility index (Phi) is 12.1. The van der Waals surface area contributed by atoms with Gasteiger partial charge < -0.3 is 15.2 Å². The number of likely N-dealkylation sites (N-methyl/N-ethyl adjacent to an activating group) is 1. The number of nitrogens with zero attached hydrogens (tertiary/aromatic N) is 4. The first-order chi connectivity index (χ1) is 14.9. The minimum atomic E-state index is -0.483. The van der Waals surface area contributed by atoms with Gasteiger partial charge in [0.1, 0.15) is 29.8 Å². The second-order valence-electron chi connectivity index (χ2n) is 6.84. The van der Waals surface area contributed by atoms with Crippen LogP contribution < -0.4 is 10.6 Å². The molecule has 0 radical (unpaired) electrons. The van der Waals surface area contributed by atoms with E-state index in [4.69, 9.17) is 0 Å². The van der Waals surface area contributed by atoms with Gasteiger partial charge in [-0.3, -0.25) is 4.99 Å². The van der Waals surface area contributed by atoms with Gasteiger partial charge in [0.05, 0.1) is 6.21 Å². The fourth-order valence-electron chi connectivity index (χ4n) is 3.06. The lowest BCUT2D eigenvalue weighted by atomic mass is 10.2. The van der Waals surface area contributed by atoms with Gasteiger partial charge in [-0.05, 0) is 59.1 Å². The van der Waals surface area contributed by atoms with Crippen LogP contribution in [0.3, 0.4) is 0 Å². The minimum absolute atomic E-state index is 0.119. The highest BCUT2D eigenvalue weighted by atomic mass is 19.1. The average molecular weight is 435 g/mol. The van der Waals surface area contributed by atoms with Gasteiger partial charge in [0.15, 0.2) is 5.83 Å². The van der Waals surface area contributed by atoms with Crippen molar-refractivity contribution in [2.24, 2.45) is 9.98 Å². The van der Waals surface area contributed by atoms with Crippen molar-refractivity contribution in [1.82, 2.24) is 20.2 Å². The summed E-state index contributed by atoms with van der Waals surface area (Å²) in [5.41, 5.74) is 1.51. The summed E-state index contributed by atoms with van der Waals surface area (Å²) in [6, 6.07) is 0. The Balaban J connectivity index is 2.76. The predicted octanol–water partition coefficient (Wildman–Crippen LogP) is 5.01. The molecule has 0 aliphatic carbocycles. The molecule has 2 N–H and O–H groups in total. The third kappa shape index (κ3) is 8.47. The lowest BCUT2D eigenvalue weighted by Gasteiger charge is -2.06. The molecule has 0 aromatic carbocycles. The summed E-state index contributed by atoms with van der Waals surface area (Å²) < 4.78 is 30.9. The van der Waals surface area contributed by atoms with Gasteiger partial charge in [-0.2, -0.15) is 0 Å². The standard InChI is InChI=1S/C23H36F2N6/c1-7-10-14-22(28-8-2)29-16-27-15-20(25)21(26-6)13-11-12-19(24)23-17(4)31(9-3)18(5)30-23/h10,12,14-15,26H,7-9,11,13,16H2,1-6H3,(H,28,29)/b14-10-,19-12+,21-20+,27-15-. The number of halogens is 2. The molecular weight excluding hydrogens is 398 g/mol. The summed E-state index contributed by atoms with van der Waals surface area (Å²) in [5.74, 6) is 0.629. The molecule has 0 bridgehead atoms. The van der Waals surface area contributed by atoms with Gasteiger partial charge >= 0.3 is 0 Å². The zero-order chi connectivity index (χ0) is 23.2. The van der Waals surface area contributed by atoms with E-state index in [0.717, 1.165) is 43.1 Å². The molecule has 1 heterocycles. The van der Waals surface area contributed by atoms with Crippen LogP contribution in [0.25, 0.3) is 5.83 Å². The van der Waals surface area contributed by atoms with Crippen LogP contribution in [-0.2, 0) is 6.54 Å². The summed E-state index contributed by atoms with van der Waals surface area (Å²) in [4.78, 5) is 12.6. The van der Waals surface area contributed by atoms with E-state index in [1.807, 2.05) is 51.3 Å². The second kappa shape index (κ2) is 14.3. The van der Waals surface area contributed by atoms with E-state index in [2.05, 4.69) is 25.6 Å². The van der Waals surface area contributed by atoms with Crippen molar-refractivity contribution < 1.29 is 8.78 Å². The SMILES string of the molecule is CC/C=C\C(=N/C/N=C\C(F)=C(\CC/C=C(/F)c1nc(C)n(CC)c1C)NC)NCC. The molecule has 0 unspecified atom stereocenters. The van der Waals surface area contributed by atoms with Crippen molar-refractivity contribution in [3.05, 3.63) is 47.0 Å². The fourth-order valence-corrected chi connectivity index (χ4v) is 3.06. The normalized spacial score (nSPS) is 13.9. The Morgan fingerprint density at radius 3 is 2.52 bits per heavy atom. The van der Waals surface area contributed by atoms with Crippen LogP contribution in [0, 0.1) is 13.8 Å². The maximum absolute atomic E-state index is 14.6. The minimum Gasteiger partial charge on any atom is -0.389 e. The van der Waals surface area contributed by atoms with E-state index in [0.29, 0.717) is 24.2 Å². The first-order valence-corrected chi connectivity index (χ1v) is 10.8. The first-order valence-electron chi connectivity index (χ1n) is 10.8. The maximum atomic E-state index is 14.6. The Morgan fingerprint density at radius 1 is 1.19 bits per heavy atom. The van der Waals surface area contributed by atoms with E-state index in [-0.39, 0.29) is 12.5 Å². The van der Waals surface area contributed by atoms with Gasteiger partial charge in [0.25, 0.3) is 0 Å². The summed E-state index contributed by atoms with van der Waals surface area (Å²) in [7, 11) is 1.64. The number of nitrogens with one attached hydrogen (secondary N) is 2. The van der Waals surface area contributed by atoms with Gasteiger partial charge in [0, 0.05) is 31.5 Å². The van der Waals surface area contributed by atoms with E-state index in [9.17, 15) is 8.78 Å². The Hall–Kier alpha value is -2.77. The number of aliphatic imine (C=N–C) groups is 2. The molecule has 0 saturated carbocycles. The molecular formula is C23H36F2N6. The highest BCUT2D eigenvalue weighted by molar-refractivity contribution is 5.92. The van der Waals surface area contributed by atoms with E-state index in [1.165, 1.54) is 6.08 Å². The molecule has 8 heteroatoms. The monoisotopic (exact) mass is 434 g/mol. The first kappa shape index (κ1) is 26.3. The molecule has 1 aromatic rings. The molecule has 6 nitrogen and oxygen atoms in total. The van der Waals surface area contributed by atoms with Crippen LogP contribution >= 0.6 is 0 Å². The van der Waals surface area contributed by atoms with Crippen molar-refractivity contribution in [2.75, 3.05) is 20.3 Å². The summed E-state index contributed by atoms with van der Waals surface area (Å²) in [6.45, 7) is 11.3. The third-order valence-electron chi connectivity index (χ3n) is 4.66. The quantitative estimate of drug-likeness (QED) is 0.359. The Labute approximate surface area is 185 Å². The van der Waals surface area contributed by atoms with Gasteiger partial charge in [-0.15, -0.1) is 0 Å². The Morgan fingerprint density at radius 2 is 1.94 bits per heavy atom. The van der Waals surface area contributed by atoms with Crippen molar-refractivity contribution in [3.8, 4) is 0 Å². The van der Waals surface area contributed by atoms with Crippen LogP contribution in [0.15, 0.2) is 39.7 Å². The van der Waals surface area contributed by atoms with Crippen molar-refractivity contribution >= 4 is 17.9 Å². The number of allylic oxidation sites excluding steroid dienone is 4. The number of aryl methyl sites for hydroxylation is 1. The molecule has 0 aliphatic rings. The molecule has 1 rings (SSSR count). The second-order valence-corrected chi connectivity index (χ2v) is 6.84. The largest absolute Gasteiger partial charge is 0.389 e. The number of hydrogen-bond donors (Lipinski definition) is 2. The molecule has 0 atom stereocenters. The van der Waals surface area contributed by atoms with Crippen LogP contribution in [0.1, 0.15) is 57.2 Å². The van der Waals surface area contributed by atoms with Crippen LogP contribution in [0.4, 0.5) is 8.78 Å². The molecule has 0 spiro atoms. The Bertz CT molecular complexity index is 846. The highest BCUT2D eigenvalue weighted by Crippen LogP contribution is 2.22. The zero-order valence-electron chi connectivity index (χ0n) is 19.6. The van der Waals surface area contributed by atoms with Crippen molar-refractivity contribution in [3.63, 3.8) is 0 Å². The van der Waals surface area contributed by atoms with Crippen molar-refractivity contribution in [1.29, 1.82) is 0 Å². The molecule has 172 valence electrons. The van der Waals surface area contributed by atoms with Gasteiger partial charge in [-0.25, -0.2) is 18.8 Å². The van der Waals surface area contributed by atoms with Crippen molar-refractivity contribution in [2.45, 2.75) is 60.4 Å². The number of rotatable bonds is 12. The average Bonchev–Trinajstić information content (AvgIpc) is 3.05. The number of aromatic nitrogens is 2.